The van der Waals surface area contributed by atoms with Gasteiger partial charge in [0.15, 0.2) is 5.78 Å². The molecule has 0 fully saturated rings. The molecular formula is C17H14N2O. The number of nitrogens with one attached hydrogen (secondary N) is 1. The number of ketones is 1. The Hall–Kier alpha value is -2.68. The molecule has 1 N–H and O–H groups in total. The number of fused-ring (bicyclic) bond motifs is 1. The Morgan fingerprint density at radius 2 is 1.90 bits per heavy atom. The maximum Gasteiger partial charge on any atom is 0.159 e. The quantitative estimate of drug-likeness (QED) is 0.720. The topological polar surface area (TPSA) is 42.0 Å². The molecule has 0 saturated heterocycles. The van der Waals surface area contributed by atoms with Gasteiger partial charge in [0.05, 0.1) is 5.52 Å². The molecule has 20 heavy (non-hydrogen) atoms. The fourth-order valence-corrected chi connectivity index (χ4v) is 2.18. The first kappa shape index (κ1) is 12.4. The van der Waals surface area contributed by atoms with Gasteiger partial charge in [-0.3, -0.25) is 9.78 Å². The molecule has 0 aliphatic heterocycles. The molecule has 3 nitrogen and oxygen atoms in total. The van der Waals surface area contributed by atoms with E-state index >= 15 is 0 Å². The minimum absolute atomic E-state index is 0.0632. The Kier molecular flexibility index (Phi) is 3.17. The summed E-state index contributed by atoms with van der Waals surface area (Å²) in [7, 11) is 0. The van der Waals surface area contributed by atoms with Gasteiger partial charge in [-0.15, -0.1) is 0 Å². The highest BCUT2D eigenvalue weighted by Crippen LogP contribution is 2.25. The predicted molar refractivity (Wildman–Crippen MR) is 81.5 cm³/mol. The molecular weight excluding hydrogens is 248 g/mol. The first-order valence-corrected chi connectivity index (χ1v) is 6.46. The number of hydrogen-bond donors (Lipinski definition) is 1. The Morgan fingerprint density at radius 1 is 1.05 bits per heavy atom. The molecule has 2 aromatic carbocycles. The lowest BCUT2D eigenvalue weighted by molar-refractivity contribution is 0.101. The van der Waals surface area contributed by atoms with Crippen LogP contribution < -0.4 is 5.32 Å². The van der Waals surface area contributed by atoms with Crippen molar-refractivity contribution in [1.82, 2.24) is 4.98 Å². The number of nitrogens with zero attached hydrogens (tertiary/aromatic N) is 1. The highest BCUT2D eigenvalue weighted by Gasteiger charge is 2.04. The summed E-state index contributed by atoms with van der Waals surface area (Å²) in [6.45, 7) is 1.57. The number of pyridine rings is 1. The zero-order valence-electron chi connectivity index (χ0n) is 11.1. The maximum atomic E-state index is 11.4. The minimum atomic E-state index is 0.0632. The number of hydrogen-bond acceptors (Lipinski definition) is 3. The number of para-hydroxylation sites is 1. The van der Waals surface area contributed by atoms with Crippen molar-refractivity contribution in [3.05, 3.63) is 66.4 Å². The van der Waals surface area contributed by atoms with Crippen molar-refractivity contribution in [2.75, 3.05) is 5.32 Å². The molecule has 0 atom stereocenters. The Labute approximate surface area is 117 Å². The smallest absolute Gasteiger partial charge is 0.159 e. The van der Waals surface area contributed by atoms with Gasteiger partial charge in [-0.25, -0.2) is 0 Å². The molecule has 0 bridgehead atoms. The van der Waals surface area contributed by atoms with Crippen LogP contribution in [0.2, 0.25) is 0 Å². The molecule has 3 rings (SSSR count). The summed E-state index contributed by atoms with van der Waals surface area (Å²) in [5.41, 5.74) is 3.53. The van der Waals surface area contributed by atoms with Gasteiger partial charge in [0.2, 0.25) is 0 Å². The average Bonchev–Trinajstić information content (AvgIpc) is 2.48. The normalized spacial score (nSPS) is 10.4. The number of Topliss-reactive ketones (excluding diaryl/α,β-unsaturated/α-hetero) is 1. The maximum absolute atomic E-state index is 11.4. The molecule has 0 saturated carbocycles. The second-order valence-corrected chi connectivity index (χ2v) is 4.64. The molecule has 1 aromatic heterocycles. The van der Waals surface area contributed by atoms with Crippen LogP contribution in [-0.4, -0.2) is 10.8 Å². The molecule has 1 heterocycles. The molecule has 0 amide bonds. The summed E-state index contributed by atoms with van der Waals surface area (Å²) in [5, 5.41) is 4.41. The van der Waals surface area contributed by atoms with Crippen LogP contribution in [0.4, 0.5) is 11.4 Å². The van der Waals surface area contributed by atoms with Gasteiger partial charge in [0.1, 0.15) is 0 Å². The summed E-state index contributed by atoms with van der Waals surface area (Å²) in [5.74, 6) is 0.0632. The van der Waals surface area contributed by atoms with Crippen LogP contribution in [0, 0.1) is 0 Å². The van der Waals surface area contributed by atoms with Crippen LogP contribution in [0.5, 0.6) is 0 Å². The fraction of sp³-hybridized carbons (Fsp3) is 0.0588. The van der Waals surface area contributed by atoms with E-state index in [9.17, 15) is 4.79 Å². The Bertz CT molecular complexity index is 775. The molecule has 0 radical (unpaired) electrons. The van der Waals surface area contributed by atoms with E-state index in [2.05, 4.69) is 10.3 Å². The van der Waals surface area contributed by atoms with Crippen molar-refractivity contribution in [3.8, 4) is 0 Å². The van der Waals surface area contributed by atoms with Crippen molar-refractivity contribution in [1.29, 1.82) is 0 Å². The van der Waals surface area contributed by atoms with E-state index in [0.717, 1.165) is 22.3 Å². The van der Waals surface area contributed by atoms with Crippen molar-refractivity contribution in [3.63, 3.8) is 0 Å². The highest BCUT2D eigenvalue weighted by atomic mass is 16.1. The summed E-state index contributed by atoms with van der Waals surface area (Å²) in [4.78, 5) is 15.8. The van der Waals surface area contributed by atoms with E-state index in [0.29, 0.717) is 5.56 Å². The van der Waals surface area contributed by atoms with Crippen LogP contribution >= 0.6 is 0 Å². The molecule has 3 aromatic rings. The van der Waals surface area contributed by atoms with E-state index in [-0.39, 0.29) is 5.78 Å². The lowest BCUT2D eigenvalue weighted by atomic mass is 10.1. The van der Waals surface area contributed by atoms with Gasteiger partial charge in [-0.1, -0.05) is 30.3 Å². The molecule has 3 heteroatoms. The minimum Gasteiger partial charge on any atom is -0.355 e. The highest BCUT2D eigenvalue weighted by molar-refractivity contribution is 5.96. The van der Waals surface area contributed by atoms with E-state index < -0.39 is 0 Å². The summed E-state index contributed by atoms with van der Waals surface area (Å²) in [6.07, 6.45) is 1.78. The largest absolute Gasteiger partial charge is 0.355 e. The van der Waals surface area contributed by atoms with Gasteiger partial charge in [0.25, 0.3) is 0 Å². The van der Waals surface area contributed by atoms with E-state index in [1.54, 1.807) is 13.1 Å². The average molecular weight is 262 g/mol. The number of aromatic nitrogens is 1. The Balaban J connectivity index is 2.01. The van der Waals surface area contributed by atoms with Crippen molar-refractivity contribution in [2.24, 2.45) is 0 Å². The SMILES string of the molecule is CC(=O)c1cccc(Nc2ccnc3ccccc23)c1. The van der Waals surface area contributed by atoms with Gasteiger partial charge in [-0.2, -0.15) is 0 Å². The molecule has 98 valence electrons. The van der Waals surface area contributed by atoms with Crippen LogP contribution in [0.1, 0.15) is 17.3 Å². The van der Waals surface area contributed by atoms with Crippen LogP contribution in [0.25, 0.3) is 10.9 Å². The number of benzene rings is 2. The standard InChI is InChI=1S/C17H14N2O/c1-12(20)13-5-4-6-14(11-13)19-17-9-10-18-16-8-3-2-7-15(16)17/h2-11H,1H3,(H,18,19). The fourth-order valence-electron chi connectivity index (χ4n) is 2.18. The second-order valence-electron chi connectivity index (χ2n) is 4.64. The first-order chi connectivity index (χ1) is 9.74. The van der Waals surface area contributed by atoms with Gasteiger partial charge >= 0.3 is 0 Å². The predicted octanol–water partition coefficient (Wildman–Crippen LogP) is 4.18. The van der Waals surface area contributed by atoms with Crippen LogP contribution in [0.3, 0.4) is 0 Å². The zero-order chi connectivity index (χ0) is 13.9. The van der Waals surface area contributed by atoms with Crippen molar-refractivity contribution in [2.45, 2.75) is 6.92 Å². The lowest BCUT2D eigenvalue weighted by Crippen LogP contribution is -1.96. The Morgan fingerprint density at radius 3 is 2.75 bits per heavy atom. The number of rotatable bonds is 3. The number of carbonyl (C=O) groups is 1. The van der Waals surface area contributed by atoms with E-state index in [1.165, 1.54) is 0 Å². The van der Waals surface area contributed by atoms with Crippen molar-refractivity contribution < 1.29 is 4.79 Å². The third-order valence-electron chi connectivity index (χ3n) is 3.20. The summed E-state index contributed by atoms with van der Waals surface area (Å²) < 4.78 is 0. The first-order valence-electron chi connectivity index (χ1n) is 6.46. The summed E-state index contributed by atoms with van der Waals surface area (Å²) in [6, 6.07) is 17.4. The molecule has 0 aliphatic rings. The van der Waals surface area contributed by atoms with Gasteiger partial charge in [0, 0.05) is 28.5 Å². The molecule has 0 spiro atoms. The number of anilines is 2. The zero-order valence-corrected chi connectivity index (χ0v) is 11.1. The third kappa shape index (κ3) is 2.38. The third-order valence-corrected chi connectivity index (χ3v) is 3.20. The molecule has 0 aliphatic carbocycles. The van der Waals surface area contributed by atoms with Crippen molar-refractivity contribution >= 4 is 28.1 Å². The summed E-state index contributed by atoms with van der Waals surface area (Å²) >= 11 is 0. The van der Waals surface area contributed by atoms with Crippen LogP contribution in [0.15, 0.2) is 60.8 Å². The van der Waals surface area contributed by atoms with Gasteiger partial charge in [-0.05, 0) is 31.2 Å². The number of carbonyl (C=O) groups excluding carboxylic acids is 1. The monoisotopic (exact) mass is 262 g/mol. The van der Waals surface area contributed by atoms with Gasteiger partial charge < -0.3 is 5.32 Å². The van der Waals surface area contributed by atoms with Crippen LogP contribution in [-0.2, 0) is 0 Å². The van der Waals surface area contributed by atoms with E-state index in [4.69, 9.17) is 0 Å². The lowest BCUT2D eigenvalue weighted by Gasteiger charge is -2.10. The second kappa shape index (κ2) is 5.13. The van der Waals surface area contributed by atoms with E-state index in [1.807, 2.05) is 54.6 Å². The molecule has 0 unspecified atom stereocenters.